The summed E-state index contributed by atoms with van der Waals surface area (Å²) >= 11 is 1.67. The number of benzene rings is 1. The Morgan fingerprint density at radius 2 is 2.04 bits per heavy atom. The summed E-state index contributed by atoms with van der Waals surface area (Å²) in [6.45, 7) is 5.71. The topological polar surface area (TPSA) is 48.5 Å². The average molecular weight is 330 g/mol. The van der Waals surface area contributed by atoms with Crippen molar-refractivity contribution in [3.63, 3.8) is 0 Å². The second kappa shape index (κ2) is 7.57. The second-order valence-electron chi connectivity index (χ2n) is 5.72. The van der Waals surface area contributed by atoms with E-state index in [0.717, 1.165) is 43.4 Å². The number of thiazole rings is 1. The second-order valence-corrected chi connectivity index (χ2v) is 6.60. The lowest BCUT2D eigenvalue weighted by Gasteiger charge is -2.26. The van der Waals surface area contributed by atoms with E-state index in [2.05, 4.69) is 20.1 Å². The highest BCUT2D eigenvalue weighted by Crippen LogP contribution is 2.20. The lowest BCUT2D eigenvalue weighted by molar-refractivity contribution is -0.120. The molecular formula is C17H22N4OS. The van der Waals surface area contributed by atoms with Crippen LogP contribution in [0.25, 0.3) is 0 Å². The van der Waals surface area contributed by atoms with E-state index in [0.29, 0.717) is 0 Å². The molecule has 1 fully saturated rings. The summed E-state index contributed by atoms with van der Waals surface area (Å²) in [4.78, 5) is 21.4. The van der Waals surface area contributed by atoms with Crippen molar-refractivity contribution in [2.45, 2.75) is 19.4 Å². The van der Waals surface area contributed by atoms with Crippen molar-refractivity contribution in [3.8, 4) is 0 Å². The predicted molar refractivity (Wildman–Crippen MR) is 95.1 cm³/mol. The van der Waals surface area contributed by atoms with E-state index in [4.69, 9.17) is 0 Å². The largest absolute Gasteiger partial charge is 0.347 e. The molecule has 0 bridgehead atoms. The molecular weight excluding hydrogens is 308 g/mol. The van der Waals surface area contributed by atoms with E-state index >= 15 is 0 Å². The molecule has 1 N–H and O–H groups in total. The van der Waals surface area contributed by atoms with Gasteiger partial charge in [0, 0.05) is 43.4 Å². The molecule has 1 aliphatic rings. The maximum Gasteiger partial charge on any atom is 0.241 e. The van der Waals surface area contributed by atoms with Crippen molar-refractivity contribution >= 4 is 28.1 Å². The third-order valence-corrected chi connectivity index (χ3v) is 5.02. The lowest BCUT2D eigenvalue weighted by atomic mass is 10.2. The first-order chi connectivity index (χ1) is 11.2. The minimum atomic E-state index is -0.133. The molecule has 0 radical (unpaired) electrons. The first-order valence-electron chi connectivity index (χ1n) is 7.98. The van der Waals surface area contributed by atoms with E-state index in [9.17, 15) is 4.79 Å². The number of carbonyl (C=O) groups excluding carboxylic acids is 1. The molecule has 1 saturated heterocycles. The van der Waals surface area contributed by atoms with Crippen LogP contribution in [0.15, 0.2) is 41.9 Å². The molecule has 2 heterocycles. The van der Waals surface area contributed by atoms with Gasteiger partial charge in [-0.2, -0.15) is 0 Å². The maximum atomic E-state index is 12.5. The predicted octanol–water partition coefficient (Wildman–Crippen LogP) is 2.68. The molecule has 1 amide bonds. The van der Waals surface area contributed by atoms with Gasteiger partial charge in [0.05, 0.1) is 6.04 Å². The van der Waals surface area contributed by atoms with Crippen molar-refractivity contribution in [1.82, 2.24) is 9.88 Å². The number of carbonyl (C=O) groups is 1. The number of amides is 1. The fourth-order valence-corrected chi connectivity index (χ4v) is 3.52. The average Bonchev–Trinajstić information content (AvgIpc) is 3.00. The van der Waals surface area contributed by atoms with Gasteiger partial charge in [0.2, 0.25) is 5.91 Å². The van der Waals surface area contributed by atoms with Crippen LogP contribution in [0, 0.1) is 0 Å². The Bertz CT molecular complexity index is 617. The molecule has 5 nitrogen and oxygen atoms in total. The summed E-state index contributed by atoms with van der Waals surface area (Å²) in [6.07, 6.45) is 2.89. The summed E-state index contributed by atoms with van der Waals surface area (Å²) in [5.74, 6) is 0.0545. The number of anilines is 2. The molecule has 1 aromatic carbocycles. The number of rotatable bonds is 4. The Morgan fingerprint density at radius 1 is 1.22 bits per heavy atom. The van der Waals surface area contributed by atoms with Crippen LogP contribution in [-0.4, -0.2) is 48.0 Å². The van der Waals surface area contributed by atoms with Crippen LogP contribution < -0.4 is 10.2 Å². The molecule has 1 atom stereocenters. The maximum absolute atomic E-state index is 12.5. The third-order valence-electron chi connectivity index (χ3n) is 4.19. The lowest BCUT2D eigenvalue weighted by Crippen LogP contribution is -2.43. The number of para-hydroxylation sites is 1. The molecule has 1 aromatic heterocycles. The molecule has 122 valence electrons. The Labute approximate surface area is 140 Å². The van der Waals surface area contributed by atoms with Crippen molar-refractivity contribution < 1.29 is 4.79 Å². The van der Waals surface area contributed by atoms with Crippen LogP contribution in [0.3, 0.4) is 0 Å². The van der Waals surface area contributed by atoms with Crippen molar-refractivity contribution in [3.05, 3.63) is 41.9 Å². The smallest absolute Gasteiger partial charge is 0.241 e. The highest BCUT2D eigenvalue weighted by atomic mass is 32.1. The van der Waals surface area contributed by atoms with E-state index in [-0.39, 0.29) is 11.9 Å². The van der Waals surface area contributed by atoms with Crippen molar-refractivity contribution in [2.24, 2.45) is 0 Å². The number of nitrogens with zero attached hydrogens (tertiary/aromatic N) is 3. The highest BCUT2D eigenvalue weighted by molar-refractivity contribution is 7.13. The molecule has 0 spiro atoms. The van der Waals surface area contributed by atoms with Crippen molar-refractivity contribution in [1.29, 1.82) is 0 Å². The molecule has 2 aromatic rings. The Hall–Kier alpha value is -1.92. The van der Waals surface area contributed by atoms with E-state index < -0.39 is 0 Å². The van der Waals surface area contributed by atoms with Gasteiger partial charge in [-0.15, -0.1) is 11.3 Å². The number of hydrogen-bond donors (Lipinski definition) is 1. The minimum Gasteiger partial charge on any atom is -0.347 e. The molecule has 0 saturated carbocycles. The van der Waals surface area contributed by atoms with Crippen LogP contribution in [0.2, 0.25) is 0 Å². The van der Waals surface area contributed by atoms with Gasteiger partial charge < -0.3 is 10.2 Å². The quantitative estimate of drug-likeness (QED) is 0.936. The zero-order valence-corrected chi connectivity index (χ0v) is 14.1. The molecule has 0 aliphatic carbocycles. The van der Waals surface area contributed by atoms with E-state index in [1.54, 1.807) is 11.3 Å². The summed E-state index contributed by atoms with van der Waals surface area (Å²) in [5.41, 5.74) is 0.851. The van der Waals surface area contributed by atoms with Crippen LogP contribution in [0.5, 0.6) is 0 Å². The zero-order chi connectivity index (χ0) is 16.1. The number of hydrogen-bond acceptors (Lipinski definition) is 5. The summed E-state index contributed by atoms with van der Waals surface area (Å²) < 4.78 is 0. The normalized spacial score (nSPS) is 17.5. The van der Waals surface area contributed by atoms with Gasteiger partial charge in [0.1, 0.15) is 0 Å². The van der Waals surface area contributed by atoms with Gasteiger partial charge in [0.15, 0.2) is 5.13 Å². The van der Waals surface area contributed by atoms with Crippen LogP contribution in [0.1, 0.15) is 13.3 Å². The van der Waals surface area contributed by atoms with Gasteiger partial charge >= 0.3 is 0 Å². The molecule has 23 heavy (non-hydrogen) atoms. The Morgan fingerprint density at radius 3 is 2.78 bits per heavy atom. The number of nitrogens with one attached hydrogen (secondary N) is 1. The summed E-state index contributed by atoms with van der Waals surface area (Å²) in [7, 11) is 0. The zero-order valence-electron chi connectivity index (χ0n) is 13.3. The monoisotopic (exact) mass is 330 g/mol. The van der Waals surface area contributed by atoms with Gasteiger partial charge in [-0.25, -0.2) is 4.98 Å². The minimum absolute atomic E-state index is 0.0545. The van der Waals surface area contributed by atoms with Gasteiger partial charge in [-0.3, -0.25) is 9.69 Å². The molecule has 6 heteroatoms. The van der Waals surface area contributed by atoms with Crippen LogP contribution >= 0.6 is 11.3 Å². The fourth-order valence-electron chi connectivity index (χ4n) is 2.82. The highest BCUT2D eigenvalue weighted by Gasteiger charge is 2.24. The van der Waals surface area contributed by atoms with E-state index in [1.807, 2.05) is 48.8 Å². The van der Waals surface area contributed by atoms with Crippen molar-refractivity contribution in [2.75, 3.05) is 36.4 Å². The van der Waals surface area contributed by atoms with Crippen LogP contribution in [0.4, 0.5) is 10.8 Å². The van der Waals surface area contributed by atoms with Crippen LogP contribution in [-0.2, 0) is 4.79 Å². The van der Waals surface area contributed by atoms with Gasteiger partial charge in [0.25, 0.3) is 0 Å². The number of aromatic nitrogens is 1. The Balaban J connectivity index is 1.57. The van der Waals surface area contributed by atoms with E-state index in [1.165, 1.54) is 0 Å². The summed E-state index contributed by atoms with van der Waals surface area (Å²) in [5, 5.41) is 6.08. The first kappa shape index (κ1) is 16.0. The fraction of sp³-hybridized carbons (Fsp3) is 0.412. The van der Waals surface area contributed by atoms with Gasteiger partial charge in [-0.1, -0.05) is 18.2 Å². The first-order valence-corrected chi connectivity index (χ1v) is 8.86. The standard InChI is InChI=1S/C17H22N4OS/c1-14(16(22)19-15-6-3-2-4-7-15)20-9-5-10-21(12-11-20)17-18-8-13-23-17/h2-4,6-8,13-14H,5,9-12H2,1H3,(H,19,22). The Kier molecular flexibility index (Phi) is 5.25. The molecule has 3 rings (SSSR count). The molecule has 1 aliphatic heterocycles. The summed E-state index contributed by atoms with van der Waals surface area (Å²) in [6, 6.07) is 9.50. The SMILES string of the molecule is CC(C(=O)Nc1ccccc1)N1CCCN(c2nccs2)CC1. The molecule has 1 unspecified atom stereocenters. The van der Waals surface area contributed by atoms with Gasteiger partial charge in [-0.05, 0) is 25.5 Å². The third kappa shape index (κ3) is 4.09.